The molecule has 1 aromatic carbocycles. The second-order valence-corrected chi connectivity index (χ2v) is 7.58. The van der Waals surface area contributed by atoms with E-state index in [1.165, 1.54) is 5.56 Å². The minimum Gasteiger partial charge on any atom is -0.410 e. The van der Waals surface area contributed by atoms with Crippen molar-refractivity contribution >= 4 is 6.09 Å². The Balaban J connectivity index is 1.26. The van der Waals surface area contributed by atoms with Gasteiger partial charge >= 0.3 is 6.09 Å². The maximum absolute atomic E-state index is 12.5. The summed E-state index contributed by atoms with van der Waals surface area (Å²) in [5, 5.41) is 0. The van der Waals surface area contributed by atoms with Crippen LogP contribution in [0.3, 0.4) is 0 Å². The molecule has 6 heteroatoms. The van der Waals surface area contributed by atoms with Crippen molar-refractivity contribution in [3.05, 3.63) is 89.5 Å². The van der Waals surface area contributed by atoms with Crippen molar-refractivity contribution in [2.75, 3.05) is 26.2 Å². The first-order chi connectivity index (χ1) is 14.7. The van der Waals surface area contributed by atoms with E-state index in [0.29, 0.717) is 18.8 Å². The Morgan fingerprint density at radius 2 is 1.77 bits per heavy atom. The van der Waals surface area contributed by atoms with Gasteiger partial charge in [0.15, 0.2) is 0 Å². The zero-order valence-electron chi connectivity index (χ0n) is 17.2. The van der Waals surface area contributed by atoms with Gasteiger partial charge in [0.1, 0.15) is 5.75 Å². The number of ether oxygens (including phenoxy) is 1. The number of pyridine rings is 2. The molecule has 1 aliphatic heterocycles. The fourth-order valence-corrected chi connectivity index (χ4v) is 3.59. The van der Waals surface area contributed by atoms with Crippen LogP contribution in [0.2, 0.25) is 0 Å². The van der Waals surface area contributed by atoms with Gasteiger partial charge in [-0.1, -0.05) is 24.3 Å². The van der Waals surface area contributed by atoms with Crippen molar-refractivity contribution in [2.24, 2.45) is 0 Å². The number of carbonyl (C=O) groups excluding carboxylic acids is 1. The summed E-state index contributed by atoms with van der Waals surface area (Å²) in [6.45, 7) is 5.82. The minimum absolute atomic E-state index is 0.288. The van der Waals surface area contributed by atoms with Gasteiger partial charge in [0.05, 0.1) is 0 Å². The van der Waals surface area contributed by atoms with Gasteiger partial charge < -0.3 is 9.64 Å². The summed E-state index contributed by atoms with van der Waals surface area (Å²) in [7, 11) is 0. The van der Waals surface area contributed by atoms with Crippen LogP contribution in [-0.4, -0.2) is 52.0 Å². The van der Waals surface area contributed by atoms with E-state index in [1.807, 2.05) is 61.7 Å². The van der Waals surface area contributed by atoms with Gasteiger partial charge in [0.2, 0.25) is 0 Å². The fraction of sp³-hybridized carbons (Fsp3) is 0.292. The number of hydrogen-bond acceptors (Lipinski definition) is 5. The van der Waals surface area contributed by atoms with Crippen LogP contribution in [0.5, 0.6) is 5.75 Å². The third kappa shape index (κ3) is 5.42. The molecule has 4 rings (SSSR count). The highest BCUT2D eigenvalue weighted by Gasteiger charge is 2.22. The molecule has 6 nitrogen and oxygen atoms in total. The Hall–Kier alpha value is -3.25. The molecule has 0 bridgehead atoms. The summed E-state index contributed by atoms with van der Waals surface area (Å²) in [5.74, 6) is 0.568. The Bertz CT molecular complexity index is 968. The first-order valence-corrected chi connectivity index (χ1v) is 10.3. The first-order valence-electron chi connectivity index (χ1n) is 10.3. The van der Waals surface area contributed by atoms with Gasteiger partial charge in [-0.15, -0.1) is 0 Å². The van der Waals surface area contributed by atoms with Crippen LogP contribution in [0.4, 0.5) is 4.79 Å². The Labute approximate surface area is 177 Å². The van der Waals surface area contributed by atoms with Gasteiger partial charge in [-0.25, -0.2) is 4.79 Å². The lowest BCUT2D eigenvalue weighted by Crippen LogP contribution is -2.49. The molecular weight excluding hydrogens is 376 g/mol. The van der Waals surface area contributed by atoms with Crippen molar-refractivity contribution in [3.63, 3.8) is 0 Å². The molecule has 1 saturated heterocycles. The molecule has 0 radical (unpaired) electrons. The van der Waals surface area contributed by atoms with Crippen molar-refractivity contribution in [1.29, 1.82) is 0 Å². The number of hydrogen-bond donors (Lipinski definition) is 0. The second-order valence-electron chi connectivity index (χ2n) is 7.58. The molecule has 1 fully saturated rings. The number of carbonyl (C=O) groups is 1. The summed E-state index contributed by atoms with van der Waals surface area (Å²) in [6, 6.07) is 17.7. The average Bonchev–Trinajstić information content (AvgIpc) is 2.76. The van der Waals surface area contributed by atoms with E-state index < -0.39 is 0 Å². The molecule has 3 heterocycles. The summed E-state index contributed by atoms with van der Waals surface area (Å²) in [6.07, 6.45) is 4.14. The highest BCUT2D eigenvalue weighted by molar-refractivity contribution is 5.70. The first kappa shape index (κ1) is 20.0. The molecule has 0 aliphatic carbocycles. The smallest absolute Gasteiger partial charge is 0.410 e. The lowest BCUT2D eigenvalue weighted by Gasteiger charge is -2.33. The van der Waals surface area contributed by atoms with Crippen LogP contribution in [0.15, 0.2) is 67.0 Å². The van der Waals surface area contributed by atoms with E-state index in [9.17, 15) is 4.79 Å². The number of aryl methyl sites for hydroxylation is 1. The quantitative estimate of drug-likeness (QED) is 0.651. The molecule has 154 valence electrons. The number of piperazine rings is 1. The van der Waals surface area contributed by atoms with E-state index in [1.54, 1.807) is 11.1 Å². The van der Waals surface area contributed by atoms with E-state index in [2.05, 4.69) is 20.9 Å². The van der Waals surface area contributed by atoms with Crippen LogP contribution in [0.25, 0.3) is 0 Å². The molecule has 0 unspecified atom stereocenters. The van der Waals surface area contributed by atoms with Crippen molar-refractivity contribution in [2.45, 2.75) is 19.9 Å². The van der Waals surface area contributed by atoms with Gasteiger partial charge in [-0.3, -0.25) is 14.9 Å². The van der Waals surface area contributed by atoms with Gasteiger partial charge in [-0.2, -0.15) is 0 Å². The third-order valence-electron chi connectivity index (χ3n) is 5.22. The fourth-order valence-electron chi connectivity index (χ4n) is 3.59. The van der Waals surface area contributed by atoms with Crippen molar-refractivity contribution in [1.82, 2.24) is 19.8 Å². The predicted molar refractivity (Wildman–Crippen MR) is 115 cm³/mol. The minimum atomic E-state index is -0.288. The van der Waals surface area contributed by atoms with Crippen LogP contribution in [-0.2, 0) is 13.0 Å². The predicted octanol–water partition coefficient (Wildman–Crippen LogP) is 3.69. The molecule has 0 atom stereocenters. The van der Waals surface area contributed by atoms with E-state index in [4.69, 9.17) is 4.74 Å². The summed E-state index contributed by atoms with van der Waals surface area (Å²) in [4.78, 5) is 25.3. The van der Waals surface area contributed by atoms with Crippen molar-refractivity contribution in [3.8, 4) is 5.75 Å². The molecule has 3 aromatic rings. The summed E-state index contributed by atoms with van der Waals surface area (Å²) < 4.78 is 5.57. The number of amides is 1. The lowest BCUT2D eigenvalue weighted by molar-refractivity contribution is 0.108. The normalized spacial score (nSPS) is 14.5. The maximum atomic E-state index is 12.5. The van der Waals surface area contributed by atoms with Crippen molar-refractivity contribution < 1.29 is 9.53 Å². The average molecular weight is 402 g/mol. The van der Waals surface area contributed by atoms with E-state index in [0.717, 1.165) is 43.0 Å². The number of nitrogens with zero attached hydrogens (tertiary/aromatic N) is 4. The van der Waals surface area contributed by atoms with Crippen LogP contribution in [0.1, 0.15) is 22.5 Å². The molecule has 2 aromatic heterocycles. The molecular formula is C24H26N4O2. The zero-order valence-corrected chi connectivity index (χ0v) is 17.2. The molecule has 0 spiro atoms. The van der Waals surface area contributed by atoms with Gasteiger partial charge in [0, 0.05) is 62.9 Å². The molecule has 1 amide bonds. The number of benzene rings is 1. The largest absolute Gasteiger partial charge is 0.415 e. The molecule has 30 heavy (non-hydrogen) atoms. The standard InChI is InChI=1S/C24H26N4O2/c1-19-4-2-6-22(26-19)16-20-7-9-23(10-8-20)30-24(29)28-14-12-27(13-15-28)18-21-5-3-11-25-17-21/h2-11,17H,12-16,18H2,1H3. The van der Waals surface area contributed by atoms with Gasteiger partial charge in [0.25, 0.3) is 0 Å². The topological polar surface area (TPSA) is 58.6 Å². The Kier molecular flexibility index (Phi) is 6.35. The number of aromatic nitrogens is 2. The zero-order chi connectivity index (χ0) is 20.8. The molecule has 0 N–H and O–H groups in total. The van der Waals surface area contributed by atoms with E-state index >= 15 is 0 Å². The van der Waals surface area contributed by atoms with E-state index in [-0.39, 0.29) is 6.09 Å². The Morgan fingerprint density at radius 1 is 0.967 bits per heavy atom. The summed E-state index contributed by atoms with van der Waals surface area (Å²) in [5.41, 5.74) is 4.37. The molecule has 1 aliphatic rings. The highest BCUT2D eigenvalue weighted by Crippen LogP contribution is 2.17. The van der Waals surface area contributed by atoms with Crippen LogP contribution in [0, 0.1) is 6.92 Å². The second kappa shape index (κ2) is 9.50. The SMILES string of the molecule is Cc1cccc(Cc2ccc(OC(=O)N3CCN(Cc4cccnc4)CC3)cc2)n1. The third-order valence-corrected chi connectivity index (χ3v) is 5.22. The van der Waals surface area contributed by atoms with Crippen LogP contribution >= 0.6 is 0 Å². The highest BCUT2D eigenvalue weighted by atomic mass is 16.6. The van der Waals surface area contributed by atoms with Crippen LogP contribution < -0.4 is 4.74 Å². The monoisotopic (exact) mass is 402 g/mol. The van der Waals surface area contributed by atoms with Gasteiger partial charge in [-0.05, 0) is 48.4 Å². The lowest BCUT2D eigenvalue weighted by atomic mass is 10.1. The maximum Gasteiger partial charge on any atom is 0.415 e. The number of rotatable bonds is 5. The summed E-state index contributed by atoms with van der Waals surface area (Å²) >= 11 is 0. The Morgan fingerprint density at radius 3 is 2.47 bits per heavy atom. The molecule has 0 saturated carbocycles.